The van der Waals surface area contributed by atoms with Crippen LogP contribution in [-0.4, -0.2) is 54.2 Å². The summed E-state index contributed by atoms with van der Waals surface area (Å²) < 4.78 is 0. The molecule has 2 aliphatic rings. The summed E-state index contributed by atoms with van der Waals surface area (Å²) in [7, 11) is 0. The van der Waals surface area contributed by atoms with E-state index in [-0.39, 0.29) is 11.7 Å². The smallest absolute Gasteiger partial charge is 0.225 e. The minimum Gasteiger partial charge on any atom is -0.340 e. The number of Topliss-reactive ketones (excluding diaryl/α,β-unsaturated/α-hetero) is 1. The normalized spacial score (nSPS) is 19.7. The number of rotatable bonds is 4. The average molecular weight is 328 g/mol. The van der Waals surface area contributed by atoms with Crippen LogP contribution in [0, 0.1) is 19.8 Å². The number of hydrogen-bond acceptors (Lipinski definition) is 3. The SMILES string of the molecule is Cc1ccc(C)c(C(=O)CN2CCN(C(=O)C3CCCC3)CC2)c1. The van der Waals surface area contributed by atoms with Crippen molar-refractivity contribution < 1.29 is 9.59 Å². The molecule has 1 aliphatic carbocycles. The van der Waals surface area contributed by atoms with Crippen LogP contribution in [-0.2, 0) is 4.79 Å². The molecule has 1 amide bonds. The molecular weight excluding hydrogens is 300 g/mol. The molecule has 1 aromatic rings. The number of nitrogens with zero attached hydrogens (tertiary/aromatic N) is 2. The number of hydrogen-bond donors (Lipinski definition) is 0. The third-order valence-electron chi connectivity index (χ3n) is 5.45. The van der Waals surface area contributed by atoms with Crippen LogP contribution in [0.25, 0.3) is 0 Å². The van der Waals surface area contributed by atoms with Crippen LogP contribution in [0.5, 0.6) is 0 Å². The number of ketones is 1. The molecule has 0 N–H and O–H groups in total. The van der Waals surface area contributed by atoms with Crippen LogP contribution in [0.4, 0.5) is 0 Å². The highest BCUT2D eigenvalue weighted by molar-refractivity contribution is 5.99. The summed E-state index contributed by atoms with van der Waals surface area (Å²) in [5, 5.41) is 0. The summed E-state index contributed by atoms with van der Waals surface area (Å²) in [5.41, 5.74) is 3.00. The summed E-state index contributed by atoms with van der Waals surface area (Å²) in [6, 6.07) is 6.04. The number of amides is 1. The van der Waals surface area contributed by atoms with E-state index >= 15 is 0 Å². The van der Waals surface area contributed by atoms with Gasteiger partial charge in [-0.3, -0.25) is 14.5 Å². The quantitative estimate of drug-likeness (QED) is 0.798. The van der Waals surface area contributed by atoms with Gasteiger partial charge in [0.05, 0.1) is 6.54 Å². The minimum atomic E-state index is 0.187. The Morgan fingerprint density at radius 3 is 2.38 bits per heavy atom. The van der Waals surface area contributed by atoms with Crippen molar-refractivity contribution in [1.82, 2.24) is 9.80 Å². The number of aryl methyl sites for hydroxylation is 2. The highest BCUT2D eigenvalue weighted by Gasteiger charge is 2.29. The van der Waals surface area contributed by atoms with Crippen molar-refractivity contribution in [1.29, 1.82) is 0 Å². The monoisotopic (exact) mass is 328 g/mol. The van der Waals surface area contributed by atoms with Crippen LogP contribution in [0.15, 0.2) is 18.2 Å². The molecule has 3 rings (SSSR count). The van der Waals surface area contributed by atoms with Crippen LogP contribution >= 0.6 is 0 Å². The number of carbonyl (C=O) groups excluding carboxylic acids is 2. The molecule has 130 valence electrons. The van der Waals surface area contributed by atoms with Gasteiger partial charge in [-0.2, -0.15) is 0 Å². The molecule has 1 saturated heterocycles. The lowest BCUT2D eigenvalue weighted by atomic mass is 10.0. The Balaban J connectivity index is 1.52. The van der Waals surface area contributed by atoms with Gasteiger partial charge in [-0.25, -0.2) is 0 Å². The molecule has 0 aromatic heterocycles. The van der Waals surface area contributed by atoms with Crippen molar-refractivity contribution in [3.8, 4) is 0 Å². The Bertz CT molecular complexity index is 612. The van der Waals surface area contributed by atoms with Crippen molar-refractivity contribution in [2.75, 3.05) is 32.7 Å². The van der Waals surface area contributed by atoms with E-state index < -0.39 is 0 Å². The Kier molecular flexibility index (Phi) is 5.34. The molecule has 2 fully saturated rings. The summed E-state index contributed by atoms with van der Waals surface area (Å²) in [4.78, 5) is 29.3. The largest absolute Gasteiger partial charge is 0.340 e. The average Bonchev–Trinajstić information content (AvgIpc) is 3.11. The topological polar surface area (TPSA) is 40.6 Å². The molecule has 24 heavy (non-hydrogen) atoms. The van der Waals surface area contributed by atoms with Crippen LogP contribution in [0.3, 0.4) is 0 Å². The first-order valence-corrected chi connectivity index (χ1v) is 9.16. The van der Waals surface area contributed by atoms with Gasteiger partial charge < -0.3 is 4.90 Å². The molecule has 1 saturated carbocycles. The van der Waals surface area contributed by atoms with E-state index in [1.165, 1.54) is 12.8 Å². The molecule has 1 aromatic carbocycles. The Hall–Kier alpha value is -1.68. The lowest BCUT2D eigenvalue weighted by Crippen LogP contribution is -2.51. The van der Waals surface area contributed by atoms with Gasteiger partial charge >= 0.3 is 0 Å². The van der Waals surface area contributed by atoms with Crippen molar-refractivity contribution in [2.45, 2.75) is 39.5 Å². The maximum Gasteiger partial charge on any atom is 0.225 e. The van der Waals surface area contributed by atoms with Gasteiger partial charge in [0, 0.05) is 37.7 Å². The second kappa shape index (κ2) is 7.47. The Labute approximate surface area is 144 Å². The summed E-state index contributed by atoms with van der Waals surface area (Å²) in [5.74, 6) is 0.785. The lowest BCUT2D eigenvalue weighted by Gasteiger charge is -2.35. The standard InChI is InChI=1S/C20H28N2O2/c1-15-7-8-16(2)18(13-15)19(23)14-21-9-11-22(12-10-21)20(24)17-5-3-4-6-17/h7-8,13,17H,3-6,9-12,14H2,1-2H3. The van der Waals surface area contributed by atoms with Gasteiger partial charge in [0.25, 0.3) is 0 Å². The first-order valence-electron chi connectivity index (χ1n) is 9.16. The number of piperazine rings is 1. The maximum atomic E-state index is 12.6. The first-order chi connectivity index (χ1) is 11.5. The molecule has 0 bridgehead atoms. The number of benzene rings is 1. The molecule has 1 aliphatic heterocycles. The second-order valence-electron chi connectivity index (χ2n) is 7.32. The lowest BCUT2D eigenvalue weighted by molar-refractivity contribution is -0.137. The van der Waals surface area contributed by atoms with Crippen LogP contribution < -0.4 is 0 Å². The Morgan fingerprint density at radius 1 is 1.04 bits per heavy atom. The third kappa shape index (κ3) is 3.86. The zero-order valence-corrected chi connectivity index (χ0v) is 14.9. The van der Waals surface area contributed by atoms with E-state index in [9.17, 15) is 9.59 Å². The van der Waals surface area contributed by atoms with Gasteiger partial charge in [-0.15, -0.1) is 0 Å². The van der Waals surface area contributed by atoms with E-state index in [0.29, 0.717) is 12.5 Å². The molecule has 0 spiro atoms. The Morgan fingerprint density at radius 2 is 1.71 bits per heavy atom. The fraction of sp³-hybridized carbons (Fsp3) is 0.600. The molecule has 4 nitrogen and oxygen atoms in total. The maximum absolute atomic E-state index is 12.6. The fourth-order valence-electron chi connectivity index (χ4n) is 3.88. The predicted octanol–water partition coefficient (Wildman–Crippen LogP) is 2.82. The van der Waals surface area contributed by atoms with Gasteiger partial charge in [0.2, 0.25) is 5.91 Å². The molecule has 0 atom stereocenters. The number of carbonyl (C=O) groups is 2. The molecular formula is C20H28N2O2. The fourth-order valence-corrected chi connectivity index (χ4v) is 3.88. The zero-order valence-electron chi connectivity index (χ0n) is 14.9. The van der Waals surface area contributed by atoms with Crippen LogP contribution in [0.1, 0.15) is 47.2 Å². The minimum absolute atomic E-state index is 0.187. The van der Waals surface area contributed by atoms with E-state index in [1.54, 1.807) is 0 Å². The molecule has 0 unspecified atom stereocenters. The van der Waals surface area contributed by atoms with E-state index in [0.717, 1.165) is 55.7 Å². The molecule has 4 heteroatoms. The van der Waals surface area contributed by atoms with Gasteiger partial charge in [0.1, 0.15) is 0 Å². The molecule has 1 heterocycles. The van der Waals surface area contributed by atoms with E-state index in [4.69, 9.17) is 0 Å². The van der Waals surface area contributed by atoms with Gasteiger partial charge in [0.15, 0.2) is 5.78 Å². The first kappa shape index (κ1) is 17.2. The second-order valence-corrected chi connectivity index (χ2v) is 7.32. The van der Waals surface area contributed by atoms with Crippen molar-refractivity contribution in [2.24, 2.45) is 5.92 Å². The summed E-state index contributed by atoms with van der Waals surface area (Å²) in [6.07, 6.45) is 4.51. The summed E-state index contributed by atoms with van der Waals surface area (Å²) in [6.45, 7) is 7.58. The highest BCUT2D eigenvalue weighted by Crippen LogP contribution is 2.27. The van der Waals surface area contributed by atoms with Crippen molar-refractivity contribution in [3.05, 3.63) is 34.9 Å². The molecule has 0 radical (unpaired) electrons. The van der Waals surface area contributed by atoms with Crippen molar-refractivity contribution >= 4 is 11.7 Å². The third-order valence-corrected chi connectivity index (χ3v) is 5.45. The van der Waals surface area contributed by atoms with Gasteiger partial charge in [-0.1, -0.05) is 30.5 Å². The van der Waals surface area contributed by atoms with E-state index in [1.807, 2.05) is 36.9 Å². The van der Waals surface area contributed by atoms with Crippen molar-refractivity contribution in [3.63, 3.8) is 0 Å². The zero-order chi connectivity index (χ0) is 17.1. The summed E-state index contributed by atoms with van der Waals surface area (Å²) >= 11 is 0. The van der Waals surface area contributed by atoms with Crippen LogP contribution in [0.2, 0.25) is 0 Å². The highest BCUT2D eigenvalue weighted by atomic mass is 16.2. The van der Waals surface area contributed by atoms with E-state index in [2.05, 4.69) is 4.90 Å². The predicted molar refractivity (Wildman–Crippen MR) is 95.2 cm³/mol. The van der Waals surface area contributed by atoms with Gasteiger partial charge in [-0.05, 0) is 38.3 Å².